The Balaban J connectivity index is 1.88. The molecule has 4 heteroatoms. The maximum absolute atomic E-state index is 6.67. The second-order valence-electron chi connectivity index (χ2n) is 5.41. The summed E-state index contributed by atoms with van der Waals surface area (Å²) in [6, 6.07) is 8.07. The molecule has 1 atom stereocenters. The van der Waals surface area contributed by atoms with E-state index < -0.39 is 0 Å². The minimum Gasteiger partial charge on any atom is -0.495 e. The van der Waals surface area contributed by atoms with Crippen LogP contribution in [0, 0.1) is 0 Å². The van der Waals surface area contributed by atoms with Gasteiger partial charge in [-0.25, -0.2) is 0 Å². The number of aryl methyl sites for hydroxylation is 2. The molecule has 0 bridgehead atoms. The summed E-state index contributed by atoms with van der Waals surface area (Å²) in [6.07, 6.45) is 6.33. The van der Waals surface area contributed by atoms with Gasteiger partial charge in [0, 0.05) is 9.75 Å². The Morgan fingerprint density at radius 3 is 2.71 bits per heavy atom. The minimum atomic E-state index is -0.134. The summed E-state index contributed by atoms with van der Waals surface area (Å²) in [5.74, 6) is 0.686. The van der Waals surface area contributed by atoms with Crippen molar-refractivity contribution in [3.05, 3.63) is 50.2 Å². The number of alkyl halides is 1. The Bertz CT molecular complexity index is 612. The third-order valence-electron chi connectivity index (χ3n) is 3.98. The molecule has 21 heavy (non-hydrogen) atoms. The van der Waals surface area contributed by atoms with Gasteiger partial charge >= 0.3 is 0 Å². The van der Waals surface area contributed by atoms with E-state index >= 15 is 0 Å². The van der Waals surface area contributed by atoms with Crippen molar-refractivity contribution in [3.63, 3.8) is 0 Å². The fraction of sp³-hybridized carbons (Fsp3) is 0.412. The molecule has 1 aromatic carbocycles. The predicted octanol–water partition coefficient (Wildman–Crippen LogP) is 6.01. The number of fused-ring (bicyclic) bond motifs is 1. The van der Waals surface area contributed by atoms with E-state index in [1.165, 1.54) is 47.4 Å². The van der Waals surface area contributed by atoms with Crippen LogP contribution in [-0.2, 0) is 12.8 Å². The molecule has 1 nitrogen and oxygen atoms in total. The molecule has 0 saturated heterocycles. The highest BCUT2D eigenvalue weighted by molar-refractivity contribution is 7.12. The van der Waals surface area contributed by atoms with Crippen LogP contribution in [0.2, 0.25) is 5.02 Å². The zero-order chi connectivity index (χ0) is 14.8. The number of hydrogen-bond acceptors (Lipinski definition) is 2. The van der Waals surface area contributed by atoms with Crippen LogP contribution >= 0.6 is 34.5 Å². The van der Waals surface area contributed by atoms with E-state index in [0.29, 0.717) is 10.8 Å². The standard InChI is InChI=1S/C17H18Cl2OS/c1-20-14-8-7-12(9-13(14)18)17(19)16-10-11-5-3-2-4-6-15(11)21-16/h7-10,17H,2-6H2,1H3. The third-order valence-corrected chi connectivity index (χ3v) is 6.20. The molecule has 1 aliphatic carbocycles. The lowest BCUT2D eigenvalue weighted by Crippen LogP contribution is -1.92. The number of thiophene rings is 1. The molecule has 0 aliphatic heterocycles. The van der Waals surface area contributed by atoms with Crippen LogP contribution in [-0.4, -0.2) is 7.11 Å². The van der Waals surface area contributed by atoms with E-state index in [0.717, 1.165) is 5.56 Å². The Kier molecular flexibility index (Phi) is 4.78. The van der Waals surface area contributed by atoms with Crippen molar-refractivity contribution >= 4 is 34.5 Å². The number of benzene rings is 1. The van der Waals surface area contributed by atoms with Gasteiger partial charge in [0.15, 0.2) is 0 Å². The maximum Gasteiger partial charge on any atom is 0.137 e. The molecule has 112 valence electrons. The topological polar surface area (TPSA) is 9.23 Å². The molecule has 1 aliphatic rings. The average Bonchev–Trinajstić information content (AvgIpc) is 2.77. The fourth-order valence-electron chi connectivity index (χ4n) is 2.82. The summed E-state index contributed by atoms with van der Waals surface area (Å²) in [5.41, 5.74) is 2.52. The van der Waals surface area contributed by atoms with E-state index in [9.17, 15) is 0 Å². The van der Waals surface area contributed by atoms with Crippen molar-refractivity contribution in [3.8, 4) is 5.75 Å². The molecule has 0 fully saturated rings. The quantitative estimate of drug-likeness (QED) is 0.491. The number of methoxy groups -OCH3 is 1. The average molecular weight is 341 g/mol. The van der Waals surface area contributed by atoms with E-state index in [4.69, 9.17) is 27.9 Å². The van der Waals surface area contributed by atoms with E-state index in [1.807, 2.05) is 29.5 Å². The Hall–Kier alpha value is -0.700. The summed E-state index contributed by atoms with van der Waals surface area (Å²) >= 11 is 14.7. The predicted molar refractivity (Wildman–Crippen MR) is 91.3 cm³/mol. The van der Waals surface area contributed by atoms with Crippen molar-refractivity contribution in [2.45, 2.75) is 37.5 Å². The van der Waals surface area contributed by atoms with Crippen molar-refractivity contribution in [2.24, 2.45) is 0 Å². The van der Waals surface area contributed by atoms with Gasteiger partial charge in [0.1, 0.15) is 5.75 Å². The molecule has 0 spiro atoms. The van der Waals surface area contributed by atoms with Gasteiger partial charge in [-0.15, -0.1) is 22.9 Å². The van der Waals surface area contributed by atoms with Crippen LogP contribution in [0.4, 0.5) is 0 Å². The Morgan fingerprint density at radius 2 is 1.95 bits per heavy atom. The van der Waals surface area contributed by atoms with Crippen LogP contribution in [0.15, 0.2) is 24.3 Å². The summed E-state index contributed by atoms with van der Waals surface area (Å²) < 4.78 is 5.19. The fourth-order valence-corrected chi connectivity index (χ4v) is 4.68. The van der Waals surface area contributed by atoms with E-state index in [-0.39, 0.29) is 5.38 Å². The number of halogens is 2. The van der Waals surface area contributed by atoms with Crippen LogP contribution < -0.4 is 4.74 Å². The highest BCUT2D eigenvalue weighted by Gasteiger charge is 2.19. The molecule has 3 rings (SSSR count). The van der Waals surface area contributed by atoms with Crippen LogP contribution in [0.1, 0.15) is 45.5 Å². The zero-order valence-corrected chi connectivity index (χ0v) is 14.3. The van der Waals surface area contributed by atoms with Crippen LogP contribution in [0.5, 0.6) is 5.75 Å². The lowest BCUT2D eigenvalue weighted by Gasteiger charge is -2.10. The molecule has 0 saturated carbocycles. The van der Waals surface area contributed by atoms with Crippen molar-refractivity contribution in [2.75, 3.05) is 7.11 Å². The molecule has 1 unspecified atom stereocenters. The summed E-state index contributed by atoms with van der Waals surface area (Å²) in [5, 5.41) is 0.476. The minimum absolute atomic E-state index is 0.134. The highest BCUT2D eigenvalue weighted by atomic mass is 35.5. The Labute approximate surface area is 139 Å². The molecular formula is C17H18Cl2OS. The summed E-state index contributed by atoms with van der Waals surface area (Å²) in [7, 11) is 1.62. The second kappa shape index (κ2) is 6.60. The molecule has 1 aromatic heterocycles. The van der Waals surface area contributed by atoms with Crippen molar-refractivity contribution in [1.29, 1.82) is 0 Å². The van der Waals surface area contributed by atoms with Gasteiger partial charge in [0.05, 0.1) is 17.5 Å². The molecule has 0 N–H and O–H groups in total. The van der Waals surface area contributed by atoms with Gasteiger partial charge in [-0.2, -0.15) is 0 Å². The lowest BCUT2D eigenvalue weighted by atomic mass is 10.1. The number of ether oxygens (including phenoxy) is 1. The highest BCUT2D eigenvalue weighted by Crippen LogP contribution is 2.39. The lowest BCUT2D eigenvalue weighted by molar-refractivity contribution is 0.415. The van der Waals surface area contributed by atoms with E-state index in [2.05, 4.69) is 6.07 Å². The monoisotopic (exact) mass is 340 g/mol. The maximum atomic E-state index is 6.67. The summed E-state index contributed by atoms with van der Waals surface area (Å²) in [4.78, 5) is 2.75. The van der Waals surface area contributed by atoms with E-state index in [1.54, 1.807) is 7.11 Å². The molecular weight excluding hydrogens is 323 g/mol. The first-order valence-electron chi connectivity index (χ1n) is 7.28. The molecule has 0 radical (unpaired) electrons. The SMILES string of the molecule is COc1ccc(C(Cl)c2cc3c(s2)CCCCC3)cc1Cl. The Morgan fingerprint density at radius 1 is 1.14 bits per heavy atom. The first kappa shape index (κ1) is 15.2. The normalized spacial score (nSPS) is 16.1. The summed E-state index contributed by atoms with van der Waals surface area (Å²) in [6.45, 7) is 0. The van der Waals surface area contributed by atoms with Gasteiger partial charge < -0.3 is 4.74 Å². The zero-order valence-electron chi connectivity index (χ0n) is 12.0. The first-order chi connectivity index (χ1) is 10.2. The number of rotatable bonds is 3. The molecule has 0 amide bonds. The largest absolute Gasteiger partial charge is 0.495 e. The molecule has 2 aromatic rings. The van der Waals surface area contributed by atoms with Crippen molar-refractivity contribution in [1.82, 2.24) is 0 Å². The second-order valence-corrected chi connectivity index (χ2v) is 7.43. The van der Waals surface area contributed by atoms with Gasteiger partial charge in [0.2, 0.25) is 0 Å². The van der Waals surface area contributed by atoms with Gasteiger partial charge in [-0.05, 0) is 55.0 Å². The number of hydrogen-bond donors (Lipinski definition) is 0. The first-order valence-corrected chi connectivity index (χ1v) is 8.91. The smallest absolute Gasteiger partial charge is 0.137 e. The van der Waals surface area contributed by atoms with Crippen molar-refractivity contribution < 1.29 is 4.74 Å². The van der Waals surface area contributed by atoms with Gasteiger partial charge in [-0.3, -0.25) is 0 Å². The molecule has 1 heterocycles. The van der Waals surface area contributed by atoms with Crippen LogP contribution in [0.25, 0.3) is 0 Å². The van der Waals surface area contributed by atoms with Gasteiger partial charge in [0.25, 0.3) is 0 Å². The van der Waals surface area contributed by atoms with Gasteiger partial charge in [-0.1, -0.05) is 24.1 Å². The third kappa shape index (κ3) is 3.23. The van der Waals surface area contributed by atoms with Crippen LogP contribution in [0.3, 0.4) is 0 Å².